The summed E-state index contributed by atoms with van der Waals surface area (Å²) in [4.78, 5) is 16.5. The molecule has 6 nitrogen and oxygen atoms in total. The van der Waals surface area contributed by atoms with Crippen molar-refractivity contribution in [3.05, 3.63) is 4.88 Å². The lowest BCUT2D eigenvalue weighted by molar-refractivity contribution is 0.0942. The Balaban J connectivity index is 1.92. The van der Waals surface area contributed by atoms with Crippen molar-refractivity contribution in [3.8, 4) is 0 Å². The highest BCUT2D eigenvalue weighted by molar-refractivity contribution is 7.18. The number of nitrogens with one attached hydrogen (secondary N) is 2. The number of hydrogen-bond acceptors (Lipinski definition) is 6. The zero-order chi connectivity index (χ0) is 13.0. The molecule has 100 valence electrons. The van der Waals surface area contributed by atoms with Gasteiger partial charge in [0.2, 0.25) is 0 Å². The number of anilines is 2. The van der Waals surface area contributed by atoms with E-state index in [1.54, 1.807) is 7.11 Å². The fourth-order valence-electron chi connectivity index (χ4n) is 1.63. The molecule has 1 aromatic heterocycles. The second kappa shape index (κ2) is 6.01. The van der Waals surface area contributed by atoms with Crippen LogP contribution < -0.4 is 16.4 Å². The van der Waals surface area contributed by atoms with Crippen LogP contribution in [0.4, 0.5) is 10.9 Å². The van der Waals surface area contributed by atoms with Crippen LogP contribution in [-0.2, 0) is 4.74 Å². The van der Waals surface area contributed by atoms with Crippen molar-refractivity contribution in [2.75, 3.05) is 31.3 Å². The fraction of sp³-hybridized carbons (Fsp3) is 0.636. The number of nitrogen functional groups attached to an aromatic ring is 1. The van der Waals surface area contributed by atoms with Gasteiger partial charge >= 0.3 is 0 Å². The van der Waals surface area contributed by atoms with E-state index in [1.807, 2.05) is 0 Å². The van der Waals surface area contributed by atoms with Crippen molar-refractivity contribution in [2.45, 2.75) is 25.3 Å². The molecule has 1 fully saturated rings. The first-order valence-electron chi connectivity index (χ1n) is 6.00. The third-order valence-electron chi connectivity index (χ3n) is 2.88. The van der Waals surface area contributed by atoms with Crippen LogP contribution in [0.25, 0.3) is 0 Å². The molecule has 7 heteroatoms. The molecule has 0 radical (unpaired) electrons. The monoisotopic (exact) mass is 270 g/mol. The van der Waals surface area contributed by atoms with Crippen LogP contribution in [0.5, 0.6) is 0 Å². The van der Waals surface area contributed by atoms with E-state index in [9.17, 15) is 4.79 Å². The zero-order valence-electron chi connectivity index (χ0n) is 10.4. The number of thiazole rings is 1. The summed E-state index contributed by atoms with van der Waals surface area (Å²) in [6.07, 6.45) is 3.58. The lowest BCUT2D eigenvalue weighted by Gasteiger charge is -2.25. The molecule has 1 aliphatic carbocycles. The number of aromatic nitrogens is 1. The van der Waals surface area contributed by atoms with Gasteiger partial charge in [-0.25, -0.2) is 4.98 Å². The molecule has 4 N–H and O–H groups in total. The van der Waals surface area contributed by atoms with Crippen LogP contribution in [0.1, 0.15) is 28.9 Å². The number of amides is 1. The van der Waals surface area contributed by atoms with Gasteiger partial charge in [-0.1, -0.05) is 11.3 Å². The molecule has 0 aliphatic heterocycles. The summed E-state index contributed by atoms with van der Waals surface area (Å²) in [7, 11) is 1.59. The standard InChI is InChI=1S/C11H18N4O2S/c1-17-6-5-13-10(16)8-9(12)15-11(18-8)14-7-3-2-4-7/h7H,2-6,12H2,1H3,(H,13,16)(H,14,15). The summed E-state index contributed by atoms with van der Waals surface area (Å²) < 4.78 is 4.87. The summed E-state index contributed by atoms with van der Waals surface area (Å²) in [5, 5.41) is 6.75. The lowest BCUT2D eigenvalue weighted by atomic mass is 9.93. The second-order valence-electron chi connectivity index (χ2n) is 4.25. The maximum atomic E-state index is 11.8. The van der Waals surface area contributed by atoms with E-state index in [0.717, 1.165) is 18.0 Å². The minimum absolute atomic E-state index is 0.191. The average Bonchev–Trinajstić information content (AvgIpc) is 2.65. The van der Waals surface area contributed by atoms with Crippen molar-refractivity contribution < 1.29 is 9.53 Å². The average molecular weight is 270 g/mol. The molecule has 0 bridgehead atoms. The molecule has 2 rings (SSSR count). The molecule has 1 amide bonds. The molecule has 1 heterocycles. The Morgan fingerprint density at radius 3 is 3.00 bits per heavy atom. The van der Waals surface area contributed by atoms with Crippen LogP contribution >= 0.6 is 11.3 Å². The summed E-state index contributed by atoms with van der Waals surface area (Å²) in [5.74, 6) is 0.0976. The van der Waals surface area contributed by atoms with Crippen molar-refractivity contribution in [1.29, 1.82) is 0 Å². The van der Waals surface area contributed by atoms with Gasteiger partial charge in [0.05, 0.1) is 6.61 Å². The molecule has 18 heavy (non-hydrogen) atoms. The van der Waals surface area contributed by atoms with Gasteiger partial charge in [-0.3, -0.25) is 4.79 Å². The zero-order valence-corrected chi connectivity index (χ0v) is 11.2. The minimum Gasteiger partial charge on any atom is -0.383 e. The Morgan fingerprint density at radius 2 is 2.39 bits per heavy atom. The first-order valence-corrected chi connectivity index (χ1v) is 6.82. The number of carbonyl (C=O) groups excluding carboxylic acids is 1. The van der Waals surface area contributed by atoms with Crippen molar-refractivity contribution >= 4 is 28.2 Å². The van der Waals surface area contributed by atoms with E-state index >= 15 is 0 Å². The van der Waals surface area contributed by atoms with Gasteiger partial charge in [0, 0.05) is 19.7 Å². The van der Waals surface area contributed by atoms with Crippen molar-refractivity contribution in [3.63, 3.8) is 0 Å². The first-order chi connectivity index (χ1) is 8.70. The minimum atomic E-state index is -0.191. The number of ether oxygens (including phenoxy) is 1. The van der Waals surface area contributed by atoms with Crippen LogP contribution in [0.15, 0.2) is 0 Å². The maximum absolute atomic E-state index is 11.8. The molecule has 1 saturated carbocycles. The van der Waals surface area contributed by atoms with Crippen molar-refractivity contribution in [2.24, 2.45) is 0 Å². The smallest absolute Gasteiger partial charge is 0.265 e. The quantitative estimate of drug-likeness (QED) is 0.673. The van der Waals surface area contributed by atoms with Crippen LogP contribution in [-0.4, -0.2) is 37.2 Å². The Kier molecular flexibility index (Phi) is 4.38. The van der Waals surface area contributed by atoms with Gasteiger partial charge < -0.3 is 21.1 Å². The predicted octanol–water partition coefficient (Wildman–Crippen LogP) is 1.07. The summed E-state index contributed by atoms with van der Waals surface area (Å²) in [6, 6.07) is 0.486. The largest absolute Gasteiger partial charge is 0.383 e. The highest BCUT2D eigenvalue weighted by Crippen LogP contribution is 2.29. The molecule has 1 aliphatic rings. The predicted molar refractivity (Wildman–Crippen MR) is 72.0 cm³/mol. The summed E-state index contributed by atoms with van der Waals surface area (Å²) >= 11 is 1.30. The summed E-state index contributed by atoms with van der Waals surface area (Å²) in [6.45, 7) is 0.954. The number of rotatable bonds is 6. The van der Waals surface area contributed by atoms with Gasteiger partial charge in [-0.15, -0.1) is 0 Å². The van der Waals surface area contributed by atoms with Gasteiger partial charge in [0.15, 0.2) is 5.13 Å². The molecule has 0 spiro atoms. The normalized spacial score (nSPS) is 15.2. The van der Waals surface area contributed by atoms with E-state index in [0.29, 0.717) is 24.1 Å². The first kappa shape index (κ1) is 13.1. The lowest BCUT2D eigenvalue weighted by Crippen LogP contribution is -2.27. The third kappa shape index (κ3) is 3.11. The Morgan fingerprint density at radius 1 is 1.61 bits per heavy atom. The molecule has 0 aromatic carbocycles. The van der Waals surface area contributed by atoms with Gasteiger partial charge in [-0.2, -0.15) is 0 Å². The molecule has 1 aromatic rings. The molecule has 0 unspecified atom stereocenters. The highest BCUT2D eigenvalue weighted by atomic mass is 32.1. The molecule has 0 atom stereocenters. The molecular weight excluding hydrogens is 252 g/mol. The number of hydrogen-bond donors (Lipinski definition) is 3. The number of methoxy groups -OCH3 is 1. The Bertz CT molecular complexity index is 417. The Hall–Kier alpha value is -1.34. The number of nitrogens with zero attached hydrogens (tertiary/aromatic N) is 1. The maximum Gasteiger partial charge on any atom is 0.265 e. The number of carbonyl (C=O) groups is 1. The molecular formula is C11H18N4O2S. The van der Waals surface area contributed by atoms with E-state index < -0.39 is 0 Å². The van der Waals surface area contributed by atoms with Gasteiger partial charge in [-0.05, 0) is 19.3 Å². The van der Waals surface area contributed by atoms with E-state index in [2.05, 4.69) is 15.6 Å². The van der Waals surface area contributed by atoms with Crippen molar-refractivity contribution in [1.82, 2.24) is 10.3 Å². The topological polar surface area (TPSA) is 89.3 Å². The molecule has 0 saturated heterocycles. The van der Waals surface area contributed by atoms with Gasteiger partial charge in [0.1, 0.15) is 10.7 Å². The van der Waals surface area contributed by atoms with E-state index in [-0.39, 0.29) is 11.7 Å². The third-order valence-corrected chi connectivity index (χ3v) is 3.89. The van der Waals surface area contributed by atoms with E-state index in [4.69, 9.17) is 10.5 Å². The highest BCUT2D eigenvalue weighted by Gasteiger charge is 2.21. The fourth-order valence-corrected chi connectivity index (χ4v) is 2.51. The Labute approximate surface area is 110 Å². The van der Waals surface area contributed by atoms with Crippen LogP contribution in [0.2, 0.25) is 0 Å². The van der Waals surface area contributed by atoms with Crippen LogP contribution in [0.3, 0.4) is 0 Å². The summed E-state index contributed by atoms with van der Waals surface area (Å²) in [5.41, 5.74) is 5.75. The second-order valence-corrected chi connectivity index (χ2v) is 5.25. The SMILES string of the molecule is COCCNC(=O)c1sc(NC2CCC2)nc1N. The number of nitrogens with two attached hydrogens (primary N) is 1. The van der Waals surface area contributed by atoms with E-state index in [1.165, 1.54) is 17.8 Å². The van der Waals surface area contributed by atoms with Crippen LogP contribution in [0, 0.1) is 0 Å². The van der Waals surface area contributed by atoms with Gasteiger partial charge in [0.25, 0.3) is 5.91 Å².